The van der Waals surface area contributed by atoms with Crippen LogP contribution in [0.4, 0.5) is 0 Å². The largest absolute Gasteiger partial charge is 0.358 e. The van der Waals surface area contributed by atoms with Crippen LogP contribution in [0.25, 0.3) is 0 Å². The third-order valence-electron chi connectivity index (χ3n) is 2.19. The molecule has 0 aliphatic heterocycles. The lowest BCUT2D eigenvalue weighted by Crippen LogP contribution is -2.47. The van der Waals surface area contributed by atoms with E-state index in [0.29, 0.717) is 11.6 Å². The number of nitrogens with one attached hydrogen (secondary N) is 1. The molecule has 0 spiro atoms. The van der Waals surface area contributed by atoms with Crippen LogP contribution in [0.1, 0.15) is 31.0 Å². The third kappa shape index (κ3) is 2.58. The van der Waals surface area contributed by atoms with Crippen LogP contribution in [-0.4, -0.2) is 17.5 Å². The summed E-state index contributed by atoms with van der Waals surface area (Å²) in [6.45, 7) is 6.03. The minimum absolute atomic E-state index is 0.379. The van der Waals surface area contributed by atoms with Crippen molar-refractivity contribution >= 4 is 17.2 Å². The van der Waals surface area contributed by atoms with Gasteiger partial charge in [0.15, 0.2) is 5.60 Å². The summed E-state index contributed by atoms with van der Waals surface area (Å²) in [7, 11) is 0. The van der Waals surface area contributed by atoms with Gasteiger partial charge in [0.1, 0.15) is 5.01 Å². The van der Waals surface area contributed by atoms with Gasteiger partial charge < -0.3 is 4.74 Å². The average molecular weight is 243 g/mol. The summed E-state index contributed by atoms with van der Waals surface area (Å²) in [6.07, 6.45) is 0.831. The van der Waals surface area contributed by atoms with Crippen LogP contribution in [0.3, 0.4) is 0 Å². The molecule has 0 bridgehead atoms. The summed E-state index contributed by atoms with van der Waals surface area (Å²) < 4.78 is 5.59. The number of amides is 1. The fourth-order valence-corrected chi connectivity index (χ4v) is 2.15. The van der Waals surface area contributed by atoms with E-state index in [9.17, 15) is 4.79 Å². The number of hydrazine groups is 1. The summed E-state index contributed by atoms with van der Waals surface area (Å²) >= 11 is 1.40. The van der Waals surface area contributed by atoms with Crippen molar-refractivity contribution in [3.8, 4) is 0 Å². The Balaban J connectivity index is 2.98. The molecule has 0 aliphatic carbocycles. The van der Waals surface area contributed by atoms with E-state index in [1.165, 1.54) is 11.3 Å². The van der Waals surface area contributed by atoms with Crippen molar-refractivity contribution in [2.45, 2.75) is 32.8 Å². The highest BCUT2D eigenvalue weighted by atomic mass is 32.1. The number of nitrogens with two attached hydrogens (primary N) is 1. The van der Waals surface area contributed by atoms with Gasteiger partial charge in [0, 0.05) is 17.7 Å². The van der Waals surface area contributed by atoms with E-state index in [-0.39, 0.29) is 5.91 Å². The number of ether oxygens (including phenoxy) is 1. The highest BCUT2D eigenvalue weighted by Gasteiger charge is 2.38. The Morgan fingerprint density at radius 2 is 2.44 bits per heavy atom. The molecule has 0 aromatic carbocycles. The molecule has 3 N–H and O–H groups in total. The molecule has 0 fully saturated rings. The Hall–Kier alpha value is -0.980. The highest BCUT2D eigenvalue weighted by molar-refractivity contribution is 7.10. The van der Waals surface area contributed by atoms with Gasteiger partial charge in [0.25, 0.3) is 5.91 Å². The maximum absolute atomic E-state index is 11.8. The number of aryl methyl sites for hydroxylation is 1. The molecule has 1 heterocycles. The summed E-state index contributed by atoms with van der Waals surface area (Å²) in [5.41, 5.74) is 1.90. The van der Waals surface area contributed by atoms with Gasteiger partial charge in [-0.3, -0.25) is 10.2 Å². The van der Waals surface area contributed by atoms with Gasteiger partial charge in [0.05, 0.1) is 0 Å². The third-order valence-corrected chi connectivity index (χ3v) is 3.35. The first kappa shape index (κ1) is 13.1. The molecule has 0 aliphatic rings. The topological polar surface area (TPSA) is 77.2 Å². The van der Waals surface area contributed by atoms with Crippen LogP contribution in [0.5, 0.6) is 0 Å². The second kappa shape index (κ2) is 5.38. The van der Waals surface area contributed by atoms with Crippen molar-refractivity contribution in [3.05, 3.63) is 16.1 Å². The number of hydrogen-bond acceptors (Lipinski definition) is 5. The number of nitrogens with zero attached hydrogens (tertiary/aromatic N) is 1. The maximum atomic E-state index is 11.8. The minimum Gasteiger partial charge on any atom is -0.358 e. The molecule has 1 aromatic heterocycles. The summed E-state index contributed by atoms with van der Waals surface area (Å²) in [4.78, 5) is 16.0. The Morgan fingerprint density at radius 1 is 1.75 bits per heavy atom. The number of carbonyl (C=O) groups is 1. The lowest BCUT2D eigenvalue weighted by atomic mass is 10.1. The van der Waals surface area contributed by atoms with Crippen LogP contribution in [0, 0.1) is 6.92 Å². The first-order valence-corrected chi connectivity index (χ1v) is 6.00. The van der Waals surface area contributed by atoms with Crippen molar-refractivity contribution in [3.63, 3.8) is 0 Å². The fraction of sp³-hybridized carbons (Fsp3) is 0.600. The van der Waals surface area contributed by atoms with Crippen LogP contribution in [0.2, 0.25) is 0 Å². The molecule has 0 radical (unpaired) electrons. The van der Waals surface area contributed by atoms with Crippen LogP contribution in [-0.2, 0) is 15.1 Å². The normalized spacial score (nSPS) is 14.5. The zero-order chi connectivity index (χ0) is 12.2. The molecule has 1 rings (SSSR count). The average Bonchev–Trinajstić information content (AvgIpc) is 2.72. The van der Waals surface area contributed by atoms with Gasteiger partial charge in [0.2, 0.25) is 0 Å². The second-order valence-corrected chi connectivity index (χ2v) is 4.51. The van der Waals surface area contributed by atoms with Crippen molar-refractivity contribution in [1.29, 1.82) is 0 Å². The lowest BCUT2D eigenvalue weighted by molar-refractivity contribution is -0.146. The van der Waals surface area contributed by atoms with Crippen LogP contribution < -0.4 is 11.3 Å². The van der Waals surface area contributed by atoms with Gasteiger partial charge >= 0.3 is 0 Å². The van der Waals surface area contributed by atoms with Gasteiger partial charge in [-0.15, -0.1) is 11.3 Å². The number of hydrogen-bond donors (Lipinski definition) is 2. The Labute approximate surface area is 99.0 Å². The fourth-order valence-electron chi connectivity index (χ4n) is 1.24. The van der Waals surface area contributed by atoms with E-state index >= 15 is 0 Å². The van der Waals surface area contributed by atoms with E-state index in [1.807, 2.05) is 19.2 Å². The molecule has 0 saturated heterocycles. The standard InChI is InChI=1S/C10H17N3O2S/c1-4-5-15-10(3,8(14)13-11)9-12-7(2)6-16-9/h6H,4-5,11H2,1-3H3,(H,13,14). The van der Waals surface area contributed by atoms with Gasteiger partial charge in [-0.1, -0.05) is 6.92 Å². The lowest BCUT2D eigenvalue weighted by Gasteiger charge is -2.25. The molecule has 1 unspecified atom stereocenters. The number of thiazole rings is 1. The zero-order valence-electron chi connectivity index (χ0n) is 9.74. The Bertz CT molecular complexity index is 367. The monoisotopic (exact) mass is 243 g/mol. The van der Waals surface area contributed by atoms with E-state index in [1.54, 1.807) is 6.92 Å². The summed E-state index contributed by atoms with van der Waals surface area (Å²) in [5, 5.41) is 2.51. The Morgan fingerprint density at radius 3 is 2.88 bits per heavy atom. The predicted molar refractivity (Wildman–Crippen MR) is 62.8 cm³/mol. The SMILES string of the molecule is CCCOC(C)(C(=O)NN)c1nc(C)cs1. The minimum atomic E-state index is -1.09. The van der Waals surface area contributed by atoms with Crippen molar-refractivity contribution in [1.82, 2.24) is 10.4 Å². The molecule has 6 heteroatoms. The van der Waals surface area contributed by atoms with Crippen molar-refractivity contribution in [2.24, 2.45) is 5.84 Å². The molecule has 0 saturated carbocycles. The molecule has 1 amide bonds. The van der Waals surface area contributed by atoms with Gasteiger partial charge in [-0.25, -0.2) is 10.8 Å². The van der Waals surface area contributed by atoms with E-state index < -0.39 is 5.60 Å². The Kier molecular flexibility index (Phi) is 4.40. The molecule has 1 atom stereocenters. The van der Waals surface area contributed by atoms with E-state index in [2.05, 4.69) is 10.4 Å². The number of carbonyl (C=O) groups excluding carboxylic acids is 1. The molecule has 90 valence electrons. The summed E-state index contributed by atoms with van der Waals surface area (Å²) in [6, 6.07) is 0. The van der Waals surface area contributed by atoms with Gasteiger partial charge in [-0.2, -0.15) is 0 Å². The molecular formula is C10H17N3O2S. The number of aromatic nitrogens is 1. The van der Waals surface area contributed by atoms with Gasteiger partial charge in [-0.05, 0) is 20.3 Å². The smallest absolute Gasteiger partial charge is 0.272 e. The maximum Gasteiger partial charge on any atom is 0.272 e. The van der Waals surface area contributed by atoms with E-state index in [0.717, 1.165) is 12.1 Å². The van der Waals surface area contributed by atoms with Crippen LogP contribution in [0.15, 0.2) is 5.38 Å². The number of rotatable bonds is 5. The van der Waals surface area contributed by atoms with Crippen molar-refractivity contribution < 1.29 is 9.53 Å². The molecule has 5 nitrogen and oxygen atoms in total. The summed E-state index contributed by atoms with van der Waals surface area (Å²) in [5.74, 6) is 4.79. The predicted octanol–water partition coefficient (Wildman–Crippen LogP) is 1.08. The van der Waals surface area contributed by atoms with E-state index in [4.69, 9.17) is 10.6 Å². The van der Waals surface area contributed by atoms with Crippen molar-refractivity contribution in [2.75, 3.05) is 6.61 Å². The first-order valence-electron chi connectivity index (χ1n) is 5.12. The highest BCUT2D eigenvalue weighted by Crippen LogP contribution is 2.28. The zero-order valence-corrected chi connectivity index (χ0v) is 10.6. The molecular weight excluding hydrogens is 226 g/mol. The quantitative estimate of drug-likeness (QED) is 0.461. The van der Waals surface area contributed by atoms with Crippen LogP contribution >= 0.6 is 11.3 Å². The first-order chi connectivity index (χ1) is 7.54. The second-order valence-electron chi connectivity index (χ2n) is 3.65. The molecule has 16 heavy (non-hydrogen) atoms. The molecule has 1 aromatic rings.